The van der Waals surface area contributed by atoms with Crippen molar-refractivity contribution in [2.24, 2.45) is 11.3 Å². The molecule has 2 aliphatic carbocycles. The topological polar surface area (TPSA) is 46.9 Å². The number of carbonyl (C=O) groups excluding carboxylic acids is 1. The van der Waals surface area contributed by atoms with Crippen LogP contribution in [-0.4, -0.2) is 15.5 Å². The first-order chi connectivity index (χ1) is 11.0. The lowest BCUT2D eigenvalue weighted by Crippen LogP contribution is -2.23. The molecule has 2 fully saturated rings. The number of hydrogen-bond acceptors (Lipinski definition) is 2. The van der Waals surface area contributed by atoms with Crippen LogP contribution in [0, 0.1) is 11.3 Å². The fraction of sp³-hybridized carbons (Fsp3) is 0.556. The Balaban J connectivity index is 1.71. The molecule has 0 saturated heterocycles. The average molecular weight is 315 g/mol. The number of hydrogen-bond donors (Lipinski definition) is 1. The molecule has 0 spiro atoms. The molecule has 1 N–H and O–H groups in total. The molecule has 2 aliphatic rings. The maximum Gasteiger partial charge on any atom is 0.230 e. The van der Waals surface area contributed by atoms with Crippen molar-refractivity contribution in [3.05, 3.63) is 23.8 Å². The van der Waals surface area contributed by atoms with Crippen LogP contribution in [0.2, 0.25) is 0 Å². The van der Waals surface area contributed by atoms with Gasteiger partial charge in [0.25, 0.3) is 0 Å². The van der Waals surface area contributed by atoms with Gasteiger partial charge in [-0.2, -0.15) is 0 Å². The third-order valence-electron chi connectivity index (χ3n) is 5.41. The summed E-state index contributed by atoms with van der Waals surface area (Å²) >= 11 is 0. The molecule has 1 aromatic heterocycles. The van der Waals surface area contributed by atoms with Gasteiger partial charge in [0.1, 0.15) is 6.67 Å². The largest absolute Gasteiger partial charge is 0.307 e. The van der Waals surface area contributed by atoms with Crippen LogP contribution in [0.1, 0.15) is 51.1 Å². The van der Waals surface area contributed by atoms with Gasteiger partial charge in [-0.1, -0.05) is 19.9 Å². The Bertz CT molecular complexity index is 776. The highest BCUT2D eigenvalue weighted by molar-refractivity contribution is 5.95. The standard InChI is InChI=1S/C18H22FN3O/c1-18(2)9-13(18)16(23)21-17-20-14-7-6-11(10-19)8-15(14)22(17)12-4-3-5-12/h6-8,12-13H,3-5,9-10H2,1-2H3,(H,20,21,23)/t13-/m1/s1. The van der Waals surface area contributed by atoms with Crippen LogP contribution in [0.25, 0.3) is 11.0 Å². The monoisotopic (exact) mass is 315 g/mol. The molecule has 4 rings (SSSR count). The van der Waals surface area contributed by atoms with Gasteiger partial charge >= 0.3 is 0 Å². The minimum absolute atomic E-state index is 0.0524. The summed E-state index contributed by atoms with van der Waals surface area (Å²) in [6.07, 6.45) is 4.29. The fourth-order valence-corrected chi connectivity index (χ4v) is 3.44. The molecule has 1 heterocycles. The number of amides is 1. The van der Waals surface area contributed by atoms with Gasteiger partial charge in [0, 0.05) is 12.0 Å². The van der Waals surface area contributed by atoms with Gasteiger partial charge in [-0.3, -0.25) is 10.1 Å². The van der Waals surface area contributed by atoms with E-state index < -0.39 is 6.67 Å². The van der Waals surface area contributed by atoms with Crippen molar-refractivity contribution >= 4 is 22.9 Å². The Kier molecular flexibility index (Phi) is 3.22. The van der Waals surface area contributed by atoms with E-state index >= 15 is 0 Å². The van der Waals surface area contributed by atoms with Crippen molar-refractivity contribution in [1.29, 1.82) is 0 Å². The third-order valence-corrected chi connectivity index (χ3v) is 5.41. The van der Waals surface area contributed by atoms with Crippen LogP contribution >= 0.6 is 0 Å². The number of imidazole rings is 1. The molecular weight excluding hydrogens is 293 g/mol. The van der Waals surface area contributed by atoms with E-state index in [2.05, 4.69) is 28.7 Å². The smallest absolute Gasteiger partial charge is 0.230 e. The van der Waals surface area contributed by atoms with E-state index in [1.807, 2.05) is 12.1 Å². The summed E-state index contributed by atoms with van der Waals surface area (Å²) in [5.41, 5.74) is 2.49. The van der Waals surface area contributed by atoms with Crippen molar-refractivity contribution in [3.63, 3.8) is 0 Å². The second-order valence-corrected chi connectivity index (χ2v) is 7.58. The van der Waals surface area contributed by atoms with Crippen molar-refractivity contribution in [1.82, 2.24) is 9.55 Å². The molecule has 0 bridgehead atoms. The Morgan fingerprint density at radius 3 is 2.74 bits per heavy atom. The minimum Gasteiger partial charge on any atom is -0.307 e. The maximum atomic E-state index is 13.0. The Hall–Kier alpha value is -1.91. The van der Waals surface area contributed by atoms with Crippen LogP contribution in [0.3, 0.4) is 0 Å². The number of benzene rings is 1. The SMILES string of the molecule is CC1(C)C[C@@H]1C(=O)Nc1nc2ccc(CF)cc2n1C1CCC1. The molecule has 122 valence electrons. The summed E-state index contributed by atoms with van der Waals surface area (Å²) in [4.78, 5) is 17.0. The third kappa shape index (κ3) is 2.42. The number of carbonyl (C=O) groups is 1. The van der Waals surface area contributed by atoms with Crippen molar-refractivity contribution in [3.8, 4) is 0 Å². The predicted octanol–water partition coefficient (Wildman–Crippen LogP) is 4.22. The number of nitrogens with zero attached hydrogens (tertiary/aromatic N) is 2. The van der Waals surface area contributed by atoms with Crippen LogP contribution < -0.4 is 5.32 Å². The van der Waals surface area contributed by atoms with E-state index in [0.717, 1.165) is 30.3 Å². The zero-order valence-corrected chi connectivity index (χ0v) is 13.6. The lowest BCUT2D eigenvalue weighted by molar-refractivity contribution is -0.118. The number of anilines is 1. The normalized spacial score (nSPS) is 22.8. The van der Waals surface area contributed by atoms with Gasteiger partial charge in [0.2, 0.25) is 11.9 Å². The summed E-state index contributed by atoms with van der Waals surface area (Å²) in [5, 5.41) is 3.02. The van der Waals surface area contributed by atoms with Crippen molar-refractivity contribution in [2.45, 2.75) is 52.2 Å². The number of aromatic nitrogens is 2. The molecule has 1 atom stereocenters. The van der Waals surface area contributed by atoms with Gasteiger partial charge < -0.3 is 4.57 Å². The van der Waals surface area contributed by atoms with Crippen LogP contribution in [0.15, 0.2) is 18.2 Å². The summed E-state index contributed by atoms with van der Waals surface area (Å²) in [5.74, 6) is 0.739. The molecule has 1 aromatic carbocycles. The highest BCUT2D eigenvalue weighted by Crippen LogP contribution is 2.52. The average Bonchev–Trinajstić information content (AvgIpc) is 2.98. The van der Waals surface area contributed by atoms with Crippen LogP contribution in [0.5, 0.6) is 0 Å². The van der Waals surface area contributed by atoms with E-state index in [-0.39, 0.29) is 17.2 Å². The number of fused-ring (bicyclic) bond motifs is 1. The van der Waals surface area contributed by atoms with Gasteiger partial charge in [0.15, 0.2) is 0 Å². The summed E-state index contributed by atoms with van der Waals surface area (Å²) in [6, 6.07) is 5.82. The van der Waals surface area contributed by atoms with Gasteiger partial charge in [0.05, 0.1) is 11.0 Å². The molecule has 2 aromatic rings. The van der Waals surface area contributed by atoms with Crippen LogP contribution in [0.4, 0.5) is 10.3 Å². The lowest BCUT2D eigenvalue weighted by atomic mass is 9.92. The first kappa shape index (κ1) is 14.7. The molecule has 1 amide bonds. The van der Waals surface area contributed by atoms with Gasteiger partial charge in [-0.05, 0) is 48.8 Å². The Morgan fingerprint density at radius 1 is 1.43 bits per heavy atom. The number of alkyl halides is 1. The van der Waals surface area contributed by atoms with E-state index in [9.17, 15) is 9.18 Å². The minimum atomic E-state index is -0.482. The van der Waals surface area contributed by atoms with E-state index in [0.29, 0.717) is 17.6 Å². The van der Waals surface area contributed by atoms with Crippen LogP contribution in [-0.2, 0) is 11.5 Å². The number of halogens is 1. The number of rotatable bonds is 4. The predicted molar refractivity (Wildman–Crippen MR) is 88.0 cm³/mol. The van der Waals surface area contributed by atoms with E-state index in [4.69, 9.17) is 0 Å². The van der Waals surface area contributed by atoms with E-state index in [1.54, 1.807) is 6.07 Å². The summed E-state index contributed by atoms with van der Waals surface area (Å²) in [6.45, 7) is 3.74. The molecular formula is C18H22FN3O. The highest BCUT2D eigenvalue weighted by atomic mass is 19.1. The summed E-state index contributed by atoms with van der Waals surface area (Å²) < 4.78 is 15.1. The zero-order chi connectivity index (χ0) is 16.2. The maximum absolute atomic E-state index is 13.0. The second-order valence-electron chi connectivity index (χ2n) is 7.58. The zero-order valence-electron chi connectivity index (χ0n) is 13.6. The first-order valence-corrected chi connectivity index (χ1v) is 8.37. The van der Waals surface area contributed by atoms with Gasteiger partial charge in [-0.25, -0.2) is 9.37 Å². The molecule has 0 aliphatic heterocycles. The molecule has 5 heteroatoms. The van der Waals surface area contributed by atoms with E-state index in [1.165, 1.54) is 6.42 Å². The molecule has 2 saturated carbocycles. The van der Waals surface area contributed by atoms with Crippen molar-refractivity contribution < 1.29 is 9.18 Å². The molecule has 23 heavy (non-hydrogen) atoms. The Morgan fingerprint density at radius 2 is 2.17 bits per heavy atom. The summed E-state index contributed by atoms with van der Waals surface area (Å²) in [7, 11) is 0. The number of nitrogens with one attached hydrogen (secondary N) is 1. The van der Waals surface area contributed by atoms with Gasteiger partial charge in [-0.15, -0.1) is 0 Å². The molecule has 0 unspecified atom stereocenters. The molecule has 4 nitrogen and oxygen atoms in total. The quantitative estimate of drug-likeness (QED) is 0.918. The second kappa shape index (κ2) is 5.05. The van der Waals surface area contributed by atoms with Crippen molar-refractivity contribution in [2.75, 3.05) is 5.32 Å². The first-order valence-electron chi connectivity index (χ1n) is 8.37. The fourth-order valence-electron chi connectivity index (χ4n) is 3.44. The lowest BCUT2D eigenvalue weighted by Gasteiger charge is -2.29. The molecule has 0 radical (unpaired) electrons. The highest BCUT2D eigenvalue weighted by Gasteiger charge is 2.50. The Labute approximate surface area is 135 Å².